The Balaban J connectivity index is 1.48. The molecule has 138 valence electrons. The predicted molar refractivity (Wildman–Crippen MR) is 98.1 cm³/mol. The molecule has 1 aromatic heterocycles. The van der Waals surface area contributed by atoms with Gasteiger partial charge in [-0.1, -0.05) is 6.07 Å². The normalized spacial score (nSPS) is 17.0. The van der Waals surface area contributed by atoms with E-state index in [0.29, 0.717) is 23.5 Å². The minimum absolute atomic E-state index is 0.108. The van der Waals surface area contributed by atoms with Gasteiger partial charge in [-0.05, 0) is 74.7 Å². The lowest BCUT2D eigenvalue weighted by molar-refractivity contribution is -0.117. The average Bonchev–Trinajstić information content (AvgIpc) is 2.65. The number of aromatic nitrogens is 1. The quantitative estimate of drug-likeness (QED) is 0.864. The number of carbonyl (C=O) groups is 1. The van der Waals surface area contributed by atoms with Gasteiger partial charge < -0.3 is 10.4 Å². The van der Waals surface area contributed by atoms with Gasteiger partial charge in [0.2, 0.25) is 5.91 Å². The molecular weight excluding hydrogens is 333 g/mol. The molecule has 2 aromatic rings. The third-order valence-corrected chi connectivity index (χ3v) is 4.90. The molecule has 0 aliphatic carbocycles. The third kappa shape index (κ3) is 4.65. The summed E-state index contributed by atoms with van der Waals surface area (Å²) < 4.78 is 13.1. The molecule has 1 fully saturated rings. The van der Waals surface area contributed by atoms with E-state index < -0.39 is 6.10 Å². The van der Waals surface area contributed by atoms with Gasteiger partial charge in [-0.25, -0.2) is 4.39 Å². The first-order chi connectivity index (χ1) is 12.5. The number of nitrogens with one attached hydrogen (secondary N) is 1. The Kier molecular flexibility index (Phi) is 5.96. The Labute approximate surface area is 152 Å². The van der Waals surface area contributed by atoms with E-state index in [-0.39, 0.29) is 17.6 Å². The van der Waals surface area contributed by atoms with E-state index in [4.69, 9.17) is 0 Å². The first-order valence-corrected chi connectivity index (χ1v) is 8.90. The maximum Gasteiger partial charge on any atom is 0.238 e. The van der Waals surface area contributed by atoms with Crippen molar-refractivity contribution in [2.24, 2.45) is 5.92 Å². The number of halogens is 1. The molecule has 1 aliphatic rings. The number of nitrogens with zero attached hydrogens (tertiary/aromatic N) is 2. The topological polar surface area (TPSA) is 65.5 Å². The van der Waals surface area contributed by atoms with Crippen LogP contribution in [0.2, 0.25) is 0 Å². The SMILES string of the molecule is Cc1cc(F)ccc1NC(=O)CN1CCC(C(O)c2ccccn2)CC1. The molecule has 0 bridgehead atoms. The van der Waals surface area contributed by atoms with E-state index >= 15 is 0 Å². The van der Waals surface area contributed by atoms with Gasteiger partial charge in [0.1, 0.15) is 5.82 Å². The van der Waals surface area contributed by atoms with Crippen molar-refractivity contribution in [3.8, 4) is 0 Å². The minimum Gasteiger partial charge on any atom is -0.387 e. The molecule has 1 aromatic carbocycles. The van der Waals surface area contributed by atoms with E-state index in [2.05, 4.69) is 15.2 Å². The number of likely N-dealkylation sites (tertiary alicyclic amines) is 1. The Morgan fingerprint density at radius 3 is 2.77 bits per heavy atom. The number of aryl methyl sites for hydroxylation is 1. The maximum absolute atomic E-state index is 13.1. The van der Waals surface area contributed by atoms with Crippen molar-refractivity contribution in [2.75, 3.05) is 25.0 Å². The lowest BCUT2D eigenvalue weighted by Crippen LogP contribution is -2.40. The van der Waals surface area contributed by atoms with Gasteiger partial charge in [-0.3, -0.25) is 14.7 Å². The molecule has 2 heterocycles. The second-order valence-corrected chi connectivity index (χ2v) is 6.82. The molecule has 1 aliphatic heterocycles. The first-order valence-electron chi connectivity index (χ1n) is 8.90. The van der Waals surface area contributed by atoms with Gasteiger partial charge in [-0.2, -0.15) is 0 Å². The standard InChI is InChI=1S/C20H24FN3O2/c1-14-12-16(21)5-6-17(14)23-19(25)13-24-10-7-15(8-11-24)20(26)18-4-2-3-9-22-18/h2-6,9,12,15,20,26H,7-8,10-11,13H2,1H3,(H,23,25). The lowest BCUT2D eigenvalue weighted by Gasteiger charge is -2.33. The Hall–Kier alpha value is -2.31. The van der Waals surface area contributed by atoms with Gasteiger partial charge >= 0.3 is 0 Å². The second kappa shape index (κ2) is 8.38. The highest BCUT2D eigenvalue weighted by molar-refractivity contribution is 5.92. The summed E-state index contributed by atoms with van der Waals surface area (Å²) in [4.78, 5) is 18.6. The van der Waals surface area contributed by atoms with Gasteiger partial charge in [0.15, 0.2) is 0 Å². The van der Waals surface area contributed by atoms with Crippen LogP contribution in [-0.4, -0.2) is 40.5 Å². The molecule has 0 saturated carbocycles. The van der Waals surface area contributed by atoms with Crippen LogP contribution < -0.4 is 5.32 Å². The van der Waals surface area contributed by atoms with Crippen molar-refractivity contribution in [3.63, 3.8) is 0 Å². The summed E-state index contributed by atoms with van der Waals surface area (Å²) >= 11 is 0. The van der Waals surface area contributed by atoms with E-state index in [1.807, 2.05) is 18.2 Å². The molecule has 1 saturated heterocycles. The van der Waals surface area contributed by atoms with Crippen molar-refractivity contribution < 1.29 is 14.3 Å². The number of aliphatic hydroxyl groups is 1. The average molecular weight is 357 g/mol. The van der Waals surface area contributed by atoms with E-state index in [1.165, 1.54) is 12.1 Å². The highest BCUT2D eigenvalue weighted by Gasteiger charge is 2.27. The minimum atomic E-state index is -0.561. The summed E-state index contributed by atoms with van der Waals surface area (Å²) in [6.07, 6.45) is 2.77. The van der Waals surface area contributed by atoms with Crippen LogP contribution in [0, 0.1) is 18.7 Å². The number of hydrogen-bond acceptors (Lipinski definition) is 4. The predicted octanol–water partition coefficient (Wildman–Crippen LogP) is 2.91. The van der Waals surface area contributed by atoms with Gasteiger partial charge in [0, 0.05) is 11.9 Å². The van der Waals surface area contributed by atoms with Crippen LogP contribution in [0.1, 0.15) is 30.2 Å². The largest absolute Gasteiger partial charge is 0.387 e. The van der Waals surface area contributed by atoms with Gasteiger partial charge in [-0.15, -0.1) is 0 Å². The Bertz CT molecular complexity index is 746. The number of pyridine rings is 1. The van der Waals surface area contributed by atoms with Crippen LogP contribution in [0.4, 0.5) is 10.1 Å². The first kappa shape index (κ1) is 18.5. The summed E-state index contributed by atoms with van der Waals surface area (Å²) in [5.74, 6) is -0.263. The molecule has 0 radical (unpaired) electrons. The highest BCUT2D eigenvalue weighted by atomic mass is 19.1. The van der Waals surface area contributed by atoms with Crippen LogP contribution in [0.15, 0.2) is 42.6 Å². The van der Waals surface area contributed by atoms with Crippen LogP contribution in [0.3, 0.4) is 0 Å². The number of piperidine rings is 1. The molecule has 1 amide bonds. The zero-order chi connectivity index (χ0) is 18.5. The zero-order valence-electron chi connectivity index (χ0n) is 14.9. The third-order valence-electron chi connectivity index (χ3n) is 4.90. The van der Waals surface area contributed by atoms with Crippen molar-refractivity contribution in [1.82, 2.24) is 9.88 Å². The van der Waals surface area contributed by atoms with Crippen LogP contribution >= 0.6 is 0 Å². The monoisotopic (exact) mass is 357 g/mol. The van der Waals surface area contributed by atoms with Crippen molar-refractivity contribution in [3.05, 3.63) is 59.7 Å². The summed E-state index contributed by atoms with van der Waals surface area (Å²) in [5, 5.41) is 13.3. The molecular formula is C20H24FN3O2. The molecule has 1 atom stereocenters. The Morgan fingerprint density at radius 1 is 1.35 bits per heavy atom. The van der Waals surface area contributed by atoms with Crippen molar-refractivity contribution >= 4 is 11.6 Å². The number of rotatable bonds is 5. The number of anilines is 1. The van der Waals surface area contributed by atoms with E-state index in [0.717, 1.165) is 25.9 Å². The molecule has 0 spiro atoms. The van der Waals surface area contributed by atoms with E-state index in [9.17, 15) is 14.3 Å². The molecule has 3 rings (SSSR count). The number of benzene rings is 1. The molecule has 5 nitrogen and oxygen atoms in total. The number of hydrogen-bond donors (Lipinski definition) is 2. The summed E-state index contributed by atoms with van der Waals surface area (Å²) in [7, 11) is 0. The number of amides is 1. The van der Waals surface area contributed by atoms with Crippen LogP contribution in [-0.2, 0) is 4.79 Å². The van der Waals surface area contributed by atoms with E-state index in [1.54, 1.807) is 19.2 Å². The summed E-state index contributed by atoms with van der Waals surface area (Å²) in [5.41, 5.74) is 2.04. The Morgan fingerprint density at radius 2 is 2.12 bits per heavy atom. The van der Waals surface area contributed by atoms with Crippen molar-refractivity contribution in [2.45, 2.75) is 25.9 Å². The molecule has 26 heavy (non-hydrogen) atoms. The highest BCUT2D eigenvalue weighted by Crippen LogP contribution is 2.29. The number of aliphatic hydroxyl groups excluding tert-OH is 1. The fraction of sp³-hybridized carbons (Fsp3) is 0.400. The summed E-state index contributed by atoms with van der Waals surface area (Å²) in [6, 6.07) is 9.88. The van der Waals surface area contributed by atoms with Gasteiger partial charge in [0.25, 0.3) is 0 Å². The molecule has 6 heteroatoms. The smallest absolute Gasteiger partial charge is 0.238 e. The van der Waals surface area contributed by atoms with Crippen molar-refractivity contribution in [1.29, 1.82) is 0 Å². The second-order valence-electron chi connectivity index (χ2n) is 6.82. The van der Waals surface area contributed by atoms with Gasteiger partial charge in [0.05, 0.1) is 18.3 Å². The fourth-order valence-corrected chi connectivity index (χ4v) is 3.38. The fourth-order valence-electron chi connectivity index (χ4n) is 3.38. The van der Waals surface area contributed by atoms with Crippen LogP contribution in [0.5, 0.6) is 0 Å². The molecule has 1 unspecified atom stereocenters. The zero-order valence-corrected chi connectivity index (χ0v) is 14.9. The molecule has 2 N–H and O–H groups in total. The van der Waals surface area contributed by atoms with Crippen LogP contribution in [0.25, 0.3) is 0 Å². The number of carbonyl (C=O) groups excluding carboxylic acids is 1. The summed E-state index contributed by atoms with van der Waals surface area (Å²) in [6.45, 7) is 3.57. The maximum atomic E-state index is 13.1. The lowest BCUT2D eigenvalue weighted by atomic mass is 9.89.